The van der Waals surface area contributed by atoms with E-state index in [4.69, 9.17) is 0 Å². The molecule has 3 unspecified atom stereocenters. The minimum absolute atomic E-state index is 0.387. The summed E-state index contributed by atoms with van der Waals surface area (Å²) in [5.74, 6) is 2.70. The van der Waals surface area contributed by atoms with E-state index in [0.717, 1.165) is 11.8 Å². The fourth-order valence-corrected chi connectivity index (χ4v) is 4.09. The molecule has 2 saturated carbocycles. The first-order chi connectivity index (χ1) is 7.53. The van der Waals surface area contributed by atoms with Crippen LogP contribution in [0.2, 0.25) is 0 Å². The molecule has 0 radical (unpaired) electrons. The quantitative estimate of drug-likeness (QED) is 0.751. The van der Waals surface area contributed by atoms with Gasteiger partial charge in [-0.1, -0.05) is 46.0 Å². The van der Waals surface area contributed by atoms with E-state index in [9.17, 15) is 5.11 Å². The summed E-state index contributed by atoms with van der Waals surface area (Å²) in [6.45, 7) is 6.43. The highest BCUT2D eigenvalue weighted by Gasteiger charge is 2.44. The van der Waals surface area contributed by atoms with Gasteiger partial charge < -0.3 is 5.11 Å². The zero-order chi connectivity index (χ0) is 11.8. The van der Waals surface area contributed by atoms with Crippen molar-refractivity contribution in [2.24, 2.45) is 23.7 Å². The largest absolute Gasteiger partial charge is 0.390 e. The van der Waals surface area contributed by atoms with Crippen molar-refractivity contribution in [1.29, 1.82) is 0 Å². The average Bonchev–Trinajstić information content (AvgIpc) is 2.28. The second-order valence-corrected chi connectivity index (χ2v) is 6.63. The molecule has 2 rings (SSSR count). The molecule has 0 aliphatic heterocycles. The Labute approximate surface area is 101 Å². The summed E-state index contributed by atoms with van der Waals surface area (Å²) in [5.41, 5.74) is -0.444. The van der Waals surface area contributed by atoms with Gasteiger partial charge in [0.2, 0.25) is 0 Å². The Morgan fingerprint density at radius 1 is 1.00 bits per heavy atom. The summed E-state index contributed by atoms with van der Waals surface area (Å²) >= 11 is 0. The minimum Gasteiger partial charge on any atom is -0.390 e. The molecule has 2 aliphatic carbocycles. The van der Waals surface area contributed by atoms with Gasteiger partial charge in [-0.15, -0.1) is 0 Å². The highest BCUT2D eigenvalue weighted by Crippen LogP contribution is 2.49. The van der Waals surface area contributed by atoms with Crippen LogP contribution in [0.5, 0.6) is 0 Å². The summed E-state index contributed by atoms with van der Waals surface area (Å²) in [7, 11) is 0. The van der Waals surface area contributed by atoms with E-state index >= 15 is 0 Å². The number of hydrogen-bond donors (Lipinski definition) is 1. The van der Waals surface area contributed by atoms with Crippen molar-refractivity contribution < 1.29 is 5.11 Å². The molecule has 0 aromatic carbocycles. The normalized spacial score (nSPS) is 39.2. The molecule has 0 spiro atoms. The predicted octanol–water partition coefficient (Wildman–Crippen LogP) is 4.00. The number of aliphatic hydroxyl groups is 1. The van der Waals surface area contributed by atoms with Gasteiger partial charge in [0.25, 0.3) is 0 Å². The summed E-state index contributed by atoms with van der Waals surface area (Å²) in [4.78, 5) is 0. The van der Waals surface area contributed by atoms with Crippen molar-refractivity contribution in [2.75, 3.05) is 0 Å². The predicted molar refractivity (Wildman–Crippen MR) is 68.3 cm³/mol. The van der Waals surface area contributed by atoms with Gasteiger partial charge in [-0.25, -0.2) is 0 Å². The molecule has 1 N–H and O–H groups in total. The third-order valence-corrected chi connectivity index (χ3v) is 5.49. The van der Waals surface area contributed by atoms with Gasteiger partial charge >= 0.3 is 0 Å². The second-order valence-electron chi connectivity index (χ2n) is 6.63. The summed E-state index contributed by atoms with van der Waals surface area (Å²) in [6, 6.07) is 0. The van der Waals surface area contributed by atoms with Crippen molar-refractivity contribution in [3.63, 3.8) is 0 Å². The zero-order valence-corrected chi connectivity index (χ0v) is 11.2. The average molecular weight is 224 g/mol. The van der Waals surface area contributed by atoms with Gasteiger partial charge in [0.05, 0.1) is 5.60 Å². The van der Waals surface area contributed by atoms with Crippen molar-refractivity contribution in [1.82, 2.24) is 0 Å². The van der Waals surface area contributed by atoms with Crippen molar-refractivity contribution in [3.8, 4) is 0 Å². The van der Waals surface area contributed by atoms with E-state index in [0.29, 0.717) is 11.8 Å². The Balaban J connectivity index is 2.13. The number of hydrogen-bond acceptors (Lipinski definition) is 1. The van der Waals surface area contributed by atoms with Gasteiger partial charge in [-0.2, -0.15) is 0 Å². The van der Waals surface area contributed by atoms with Crippen molar-refractivity contribution >= 4 is 0 Å². The molecule has 0 aromatic rings. The SMILES string of the molecule is CC(C)C(C)(O)[C@H]1CCCC2CCCCC21. The topological polar surface area (TPSA) is 20.2 Å². The maximum atomic E-state index is 10.8. The highest BCUT2D eigenvalue weighted by atomic mass is 16.3. The first kappa shape index (κ1) is 12.4. The first-order valence-corrected chi connectivity index (χ1v) is 7.26. The van der Waals surface area contributed by atoms with Crippen LogP contribution in [0.4, 0.5) is 0 Å². The van der Waals surface area contributed by atoms with Gasteiger partial charge in [0.15, 0.2) is 0 Å². The van der Waals surface area contributed by atoms with E-state index < -0.39 is 5.60 Å². The summed E-state index contributed by atoms with van der Waals surface area (Å²) in [5, 5.41) is 10.8. The lowest BCUT2D eigenvalue weighted by atomic mass is 9.59. The lowest BCUT2D eigenvalue weighted by molar-refractivity contribution is -0.0964. The van der Waals surface area contributed by atoms with E-state index in [1.165, 1.54) is 44.9 Å². The Morgan fingerprint density at radius 3 is 2.31 bits per heavy atom. The smallest absolute Gasteiger partial charge is 0.0673 e. The molecule has 1 nitrogen and oxygen atoms in total. The zero-order valence-electron chi connectivity index (χ0n) is 11.2. The molecular formula is C15H28O. The minimum atomic E-state index is -0.444. The maximum absolute atomic E-state index is 10.8. The van der Waals surface area contributed by atoms with Gasteiger partial charge in [0.1, 0.15) is 0 Å². The molecule has 2 aliphatic rings. The van der Waals surface area contributed by atoms with Crippen LogP contribution in [-0.2, 0) is 0 Å². The van der Waals surface area contributed by atoms with Crippen LogP contribution in [-0.4, -0.2) is 10.7 Å². The molecule has 0 amide bonds. The van der Waals surface area contributed by atoms with E-state index in [1.807, 2.05) is 0 Å². The molecule has 4 atom stereocenters. The third kappa shape index (κ3) is 2.16. The number of fused-ring (bicyclic) bond motifs is 1. The van der Waals surface area contributed by atoms with Gasteiger partial charge in [0, 0.05) is 0 Å². The number of rotatable bonds is 2. The second kappa shape index (κ2) is 4.68. The lowest BCUT2D eigenvalue weighted by Gasteiger charge is -2.49. The Bertz CT molecular complexity index is 230. The van der Waals surface area contributed by atoms with Crippen molar-refractivity contribution in [2.45, 2.75) is 71.3 Å². The van der Waals surface area contributed by atoms with E-state index in [-0.39, 0.29) is 0 Å². The van der Waals surface area contributed by atoms with Crippen LogP contribution in [0.25, 0.3) is 0 Å². The maximum Gasteiger partial charge on any atom is 0.0673 e. The van der Waals surface area contributed by atoms with E-state index in [1.54, 1.807) is 0 Å². The molecule has 16 heavy (non-hydrogen) atoms. The van der Waals surface area contributed by atoms with Crippen LogP contribution in [0.3, 0.4) is 0 Å². The Kier molecular flexibility index (Phi) is 3.63. The van der Waals surface area contributed by atoms with Crippen LogP contribution in [0.1, 0.15) is 65.7 Å². The first-order valence-electron chi connectivity index (χ1n) is 7.26. The standard InChI is InChI=1S/C15H28O/c1-11(2)15(3,16)14-10-6-8-12-7-4-5-9-13(12)14/h11-14,16H,4-10H2,1-3H3/t12?,13?,14-,15?/m0/s1. The molecule has 0 saturated heterocycles. The van der Waals surface area contributed by atoms with Crippen LogP contribution in [0.15, 0.2) is 0 Å². The Morgan fingerprint density at radius 2 is 1.62 bits per heavy atom. The molecule has 0 aromatic heterocycles. The molecule has 1 heteroatoms. The summed E-state index contributed by atoms with van der Waals surface area (Å²) < 4.78 is 0. The van der Waals surface area contributed by atoms with Crippen LogP contribution >= 0.6 is 0 Å². The van der Waals surface area contributed by atoms with Gasteiger partial charge in [-0.05, 0) is 43.4 Å². The summed E-state index contributed by atoms with van der Waals surface area (Å²) in [6.07, 6.45) is 9.65. The van der Waals surface area contributed by atoms with Crippen LogP contribution < -0.4 is 0 Å². The lowest BCUT2D eigenvalue weighted by Crippen LogP contribution is -2.48. The molecule has 94 valence electrons. The van der Waals surface area contributed by atoms with Gasteiger partial charge in [-0.3, -0.25) is 0 Å². The van der Waals surface area contributed by atoms with E-state index in [2.05, 4.69) is 20.8 Å². The monoisotopic (exact) mass is 224 g/mol. The molecular weight excluding hydrogens is 196 g/mol. The Hall–Kier alpha value is -0.0400. The van der Waals surface area contributed by atoms with Crippen LogP contribution in [0, 0.1) is 23.7 Å². The highest BCUT2D eigenvalue weighted by molar-refractivity contribution is 4.95. The third-order valence-electron chi connectivity index (χ3n) is 5.49. The molecule has 2 fully saturated rings. The molecule has 0 bridgehead atoms. The molecule has 0 heterocycles. The van der Waals surface area contributed by atoms with Crippen molar-refractivity contribution in [3.05, 3.63) is 0 Å². The fourth-order valence-electron chi connectivity index (χ4n) is 4.09. The fraction of sp³-hybridized carbons (Fsp3) is 1.00.